The topological polar surface area (TPSA) is 212 Å². The van der Waals surface area contributed by atoms with Crippen molar-refractivity contribution in [3.05, 3.63) is 103 Å². The van der Waals surface area contributed by atoms with E-state index in [4.69, 9.17) is 21.4 Å². The van der Waals surface area contributed by atoms with Crippen LogP contribution in [0.15, 0.2) is 66.2 Å². The highest BCUT2D eigenvalue weighted by molar-refractivity contribution is 7.22. The molecule has 2 aromatic heterocycles. The van der Waals surface area contributed by atoms with E-state index in [-0.39, 0.29) is 35.8 Å². The number of carbonyl (C=O) groups is 4. The van der Waals surface area contributed by atoms with Crippen LogP contribution in [0.3, 0.4) is 0 Å². The summed E-state index contributed by atoms with van der Waals surface area (Å²) in [6, 6.07) is 13.9. The van der Waals surface area contributed by atoms with Gasteiger partial charge in [0.25, 0.3) is 0 Å². The summed E-state index contributed by atoms with van der Waals surface area (Å²) in [5.41, 5.74) is -1.14. The quantitative estimate of drug-likeness (QED) is 0.0704. The number of carbonyl (C=O) groups excluding carboxylic acids is 4. The number of nitrogens with zero attached hydrogens (tertiary/aromatic N) is 7. The molecule has 0 spiro atoms. The SMILES string of the molecule is COc1ccc(C2C3=CCC4C(=O)N(c5cc([N+](=O)[O-])c(N(C)C)c([N+](=O)[O-])c5)C(=O)C4C3CC3C(=O)N(c4cc(-c5sc6ccc(Cl)cc6c5C)nn4C)C(=O)C32C)c(O)c1. The standard InChI is InChI=1S/C43H38ClN7O10S/c1-19-26-13-20(44)7-12-33(26)62-38(19)29-18-34(47(5)45-29)49-40(54)28-17-27-23(36(43(28,2)42(49)56)24-9-8-22(61-6)16-32(24)52)10-11-25-35(27)41(55)48(39(25)53)21-14-30(50(57)58)37(46(3)4)31(15-21)51(59)60/h7-10,12-16,18,25,27-28,35-36,52H,11,17H2,1-6H3. The summed E-state index contributed by atoms with van der Waals surface area (Å²) < 4.78 is 7.82. The van der Waals surface area contributed by atoms with Crippen molar-refractivity contribution in [1.82, 2.24) is 9.78 Å². The third kappa shape index (κ3) is 5.68. The molecule has 3 aromatic carbocycles. The zero-order valence-corrected chi connectivity index (χ0v) is 35.7. The first-order valence-electron chi connectivity index (χ1n) is 19.6. The maximum absolute atomic E-state index is 15.2. The maximum atomic E-state index is 15.2. The number of benzene rings is 3. The second-order valence-corrected chi connectivity index (χ2v) is 18.0. The van der Waals surface area contributed by atoms with Crippen molar-refractivity contribution in [2.75, 3.05) is 35.9 Å². The molecule has 17 nitrogen and oxygen atoms in total. The Morgan fingerprint density at radius 3 is 2.27 bits per heavy atom. The Bertz CT molecular complexity index is 2870. The van der Waals surface area contributed by atoms with Crippen LogP contribution in [0.4, 0.5) is 28.6 Å². The lowest BCUT2D eigenvalue weighted by atomic mass is 9.51. The van der Waals surface area contributed by atoms with Crippen LogP contribution in [0.2, 0.25) is 5.02 Å². The van der Waals surface area contributed by atoms with Crippen molar-refractivity contribution in [3.8, 4) is 22.1 Å². The fourth-order valence-corrected chi connectivity index (χ4v) is 11.7. The predicted molar refractivity (Wildman–Crippen MR) is 230 cm³/mol. The van der Waals surface area contributed by atoms with Crippen molar-refractivity contribution in [2.45, 2.75) is 32.6 Å². The third-order valence-corrected chi connectivity index (χ3v) is 14.7. The molecular formula is C43H38ClN7O10S. The van der Waals surface area contributed by atoms with Crippen LogP contribution >= 0.6 is 22.9 Å². The zero-order valence-electron chi connectivity index (χ0n) is 34.1. The van der Waals surface area contributed by atoms with Gasteiger partial charge in [-0.3, -0.25) is 44.1 Å². The molecule has 2 aliphatic heterocycles. The van der Waals surface area contributed by atoms with Gasteiger partial charge in [-0.15, -0.1) is 11.3 Å². The van der Waals surface area contributed by atoms with Gasteiger partial charge in [0.05, 0.1) is 50.7 Å². The summed E-state index contributed by atoms with van der Waals surface area (Å²) in [6.45, 7) is 3.64. The molecule has 2 saturated heterocycles. The molecule has 9 rings (SSSR count). The van der Waals surface area contributed by atoms with Crippen LogP contribution in [0.1, 0.15) is 36.8 Å². The average molecular weight is 880 g/mol. The van der Waals surface area contributed by atoms with E-state index in [1.54, 1.807) is 44.3 Å². The Balaban J connectivity index is 1.16. The summed E-state index contributed by atoms with van der Waals surface area (Å²) in [5.74, 6) is -7.15. The average Bonchev–Trinajstić information content (AvgIpc) is 3.90. The number of aryl methyl sites for hydroxylation is 2. The number of fused-ring (bicyclic) bond motifs is 5. The molecule has 0 radical (unpaired) electrons. The van der Waals surface area contributed by atoms with Crippen molar-refractivity contribution >= 4 is 85.2 Å². The minimum Gasteiger partial charge on any atom is -0.508 e. The number of nitro groups is 2. The van der Waals surface area contributed by atoms with Crippen molar-refractivity contribution in [3.63, 3.8) is 0 Å². The summed E-state index contributed by atoms with van der Waals surface area (Å²) in [5, 5.41) is 42.4. The number of rotatable bonds is 8. The largest absolute Gasteiger partial charge is 0.508 e. The number of hydrogen-bond donors (Lipinski definition) is 1. The van der Waals surface area contributed by atoms with Crippen LogP contribution in [0, 0.1) is 56.2 Å². The molecule has 6 unspecified atom stereocenters. The zero-order chi connectivity index (χ0) is 44.4. The van der Waals surface area contributed by atoms with Crippen LogP contribution in [0.5, 0.6) is 11.5 Å². The van der Waals surface area contributed by atoms with Gasteiger partial charge in [-0.25, -0.2) is 9.80 Å². The minimum atomic E-state index is -1.51. The number of phenolic OH excluding ortho intramolecular Hbond substituents is 1. The lowest BCUT2D eigenvalue weighted by Crippen LogP contribution is -2.49. The van der Waals surface area contributed by atoms with Gasteiger partial charge >= 0.3 is 11.4 Å². The number of ether oxygens (including phenoxy) is 1. The van der Waals surface area contributed by atoms with Crippen molar-refractivity contribution in [2.24, 2.45) is 36.1 Å². The molecule has 5 aromatic rings. The van der Waals surface area contributed by atoms with Crippen molar-refractivity contribution in [1.29, 1.82) is 0 Å². The van der Waals surface area contributed by atoms with Crippen LogP contribution in [-0.2, 0) is 26.2 Å². The van der Waals surface area contributed by atoms with Gasteiger partial charge in [0.1, 0.15) is 23.0 Å². The third-order valence-electron chi connectivity index (χ3n) is 13.2. The lowest BCUT2D eigenvalue weighted by Gasteiger charge is -2.49. The van der Waals surface area contributed by atoms with Gasteiger partial charge in [0.2, 0.25) is 23.6 Å². The van der Waals surface area contributed by atoms with Gasteiger partial charge in [-0.05, 0) is 67.8 Å². The molecular weight excluding hydrogens is 842 g/mol. The number of aromatic nitrogens is 2. The summed E-state index contributed by atoms with van der Waals surface area (Å²) in [4.78, 5) is 86.1. The van der Waals surface area contributed by atoms with E-state index >= 15 is 9.59 Å². The molecule has 19 heteroatoms. The number of nitro benzene ring substituents is 2. The normalized spacial score (nSPS) is 24.3. The fourth-order valence-electron chi connectivity index (χ4n) is 10.4. The molecule has 4 amide bonds. The summed E-state index contributed by atoms with van der Waals surface area (Å²) in [7, 11) is 5.89. The highest BCUT2D eigenvalue weighted by Gasteiger charge is 2.68. The van der Waals surface area contributed by atoms with E-state index in [0.717, 1.165) is 42.5 Å². The van der Waals surface area contributed by atoms with Crippen LogP contribution < -0.4 is 19.4 Å². The molecule has 1 N–H and O–H groups in total. The molecule has 318 valence electrons. The fraction of sp³-hybridized carbons (Fsp3) is 0.326. The summed E-state index contributed by atoms with van der Waals surface area (Å²) >= 11 is 7.81. The van der Waals surface area contributed by atoms with Crippen LogP contribution in [0.25, 0.3) is 20.7 Å². The van der Waals surface area contributed by atoms with Gasteiger partial charge in [-0.2, -0.15) is 5.10 Å². The van der Waals surface area contributed by atoms with E-state index in [1.807, 2.05) is 19.1 Å². The molecule has 3 fully saturated rings. The number of thiophene rings is 1. The number of halogens is 1. The predicted octanol–water partition coefficient (Wildman–Crippen LogP) is 7.30. The van der Waals surface area contributed by atoms with E-state index in [9.17, 15) is 34.9 Å². The highest BCUT2D eigenvalue weighted by atomic mass is 35.5. The van der Waals surface area contributed by atoms with E-state index in [2.05, 4.69) is 0 Å². The van der Waals surface area contributed by atoms with E-state index in [1.165, 1.54) is 48.2 Å². The molecule has 6 atom stereocenters. The molecule has 4 aliphatic rings. The molecule has 62 heavy (non-hydrogen) atoms. The Kier molecular flexibility index (Phi) is 9.33. The summed E-state index contributed by atoms with van der Waals surface area (Å²) in [6.07, 6.45) is 1.77. The molecule has 1 saturated carbocycles. The molecule has 0 bridgehead atoms. The minimum absolute atomic E-state index is 0.0162. The smallest absolute Gasteiger partial charge is 0.301 e. The number of allylic oxidation sites excluding steroid dienone is 2. The molecule has 4 heterocycles. The number of anilines is 3. The molecule has 2 aliphatic carbocycles. The Morgan fingerprint density at radius 1 is 0.952 bits per heavy atom. The monoisotopic (exact) mass is 879 g/mol. The number of phenols is 1. The van der Waals surface area contributed by atoms with Crippen LogP contribution in [-0.4, -0.2) is 69.6 Å². The Morgan fingerprint density at radius 2 is 1.65 bits per heavy atom. The van der Waals surface area contributed by atoms with Gasteiger partial charge in [-0.1, -0.05) is 29.3 Å². The van der Waals surface area contributed by atoms with E-state index in [0.29, 0.717) is 27.6 Å². The van der Waals surface area contributed by atoms with E-state index < -0.39 is 79.9 Å². The first-order chi connectivity index (χ1) is 29.4. The van der Waals surface area contributed by atoms with Crippen molar-refractivity contribution < 1.29 is 38.9 Å². The first kappa shape index (κ1) is 40.7. The number of aromatic hydroxyl groups is 1. The second-order valence-electron chi connectivity index (χ2n) is 16.5. The highest BCUT2D eigenvalue weighted by Crippen LogP contribution is 2.65. The number of methoxy groups -OCH3 is 1. The number of amides is 4. The number of hydrogen-bond acceptors (Lipinski definition) is 13. The second kappa shape index (κ2) is 14.2. The Labute approximate surface area is 362 Å². The first-order valence-corrected chi connectivity index (χ1v) is 20.8. The Hall–Kier alpha value is -6.66. The maximum Gasteiger partial charge on any atom is 0.301 e. The van der Waals surface area contributed by atoms with Gasteiger partial charge < -0.3 is 14.7 Å². The van der Waals surface area contributed by atoms with Gasteiger partial charge in [0, 0.05) is 66.6 Å². The lowest BCUT2D eigenvalue weighted by molar-refractivity contribution is -0.392. The van der Waals surface area contributed by atoms with Gasteiger partial charge in [0.15, 0.2) is 5.69 Å². The number of imide groups is 2.